The summed E-state index contributed by atoms with van der Waals surface area (Å²) in [7, 11) is -1.55. The SMILES string of the molecule is CNCC1CCN(S(=O)(=O)Nc2ccc(C)cc2Br)CC1. The van der Waals surface area contributed by atoms with E-state index in [-0.39, 0.29) is 0 Å². The summed E-state index contributed by atoms with van der Waals surface area (Å²) < 4.78 is 29.8. The highest BCUT2D eigenvalue weighted by Crippen LogP contribution is 2.26. The molecule has 1 saturated heterocycles. The van der Waals surface area contributed by atoms with Gasteiger partial charge in [0.05, 0.1) is 5.69 Å². The summed E-state index contributed by atoms with van der Waals surface area (Å²) in [5.74, 6) is 0.563. The lowest BCUT2D eigenvalue weighted by molar-refractivity contribution is 0.272. The first kappa shape index (κ1) is 16.7. The summed E-state index contributed by atoms with van der Waals surface area (Å²) in [6.07, 6.45) is 1.80. The molecule has 1 aromatic rings. The molecule has 0 amide bonds. The number of nitrogens with one attached hydrogen (secondary N) is 2. The number of nitrogens with zero attached hydrogens (tertiary/aromatic N) is 1. The lowest BCUT2D eigenvalue weighted by Gasteiger charge is -2.31. The van der Waals surface area contributed by atoms with Gasteiger partial charge < -0.3 is 5.32 Å². The maximum atomic E-state index is 12.4. The summed E-state index contributed by atoms with van der Waals surface area (Å²) >= 11 is 3.40. The normalized spacial score (nSPS) is 17.9. The molecule has 5 nitrogen and oxygen atoms in total. The van der Waals surface area contributed by atoms with Crippen molar-refractivity contribution in [1.82, 2.24) is 9.62 Å². The van der Waals surface area contributed by atoms with Crippen molar-refractivity contribution in [3.05, 3.63) is 28.2 Å². The zero-order valence-electron chi connectivity index (χ0n) is 12.4. The van der Waals surface area contributed by atoms with Gasteiger partial charge in [-0.2, -0.15) is 12.7 Å². The lowest BCUT2D eigenvalue weighted by Crippen LogP contribution is -2.43. The largest absolute Gasteiger partial charge is 0.319 e. The Kier molecular flexibility index (Phi) is 5.65. The number of benzene rings is 1. The van der Waals surface area contributed by atoms with Crippen molar-refractivity contribution in [2.24, 2.45) is 5.92 Å². The second kappa shape index (κ2) is 7.09. The standard InChI is InChI=1S/C14H22BrN3O2S/c1-11-3-4-14(13(15)9-11)17-21(19,20)18-7-5-12(6-8-18)10-16-2/h3-4,9,12,16-17H,5-8,10H2,1-2H3. The van der Waals surface area contributed by atoms with Crippen molar-refractivity contribution in [3.8, 4) is 0 Å². The fourth-order valence-electron chi connectivity index (χ4n) is 2.55. The van der Waals surface area contributed by atoms with E-state index in [0.29, 0.717) is 24.7 Å². The first-order valence-corrected chi connectivity index (χ1v) is 9.34. The Morgan fingerprint density at radius 2 is 2.00 bits per heavy atom. The number of halogens is 1. The van der Waals surface area contributed by atoms with E-state index < -0.39 is 10.2 Å². The van der Waals surface area contributed by atoms with Gasteiger partial charge in [-0.25, -0.2) is 0 Å². The van der Waals surface area contributed by atoms with Gasteiger partial charge in [0.1, 0.15) is 0 Å². The molecule has 1 aliphatic heterocycles. The van der Waals surface area contributed by atoms with Gasteiger partial charge in [0.25, 0.3) is 0 Å². The second-order valence-corrected chi connectivity index (χ2v) is 8.02. The molecular weight excluding hydrogens is 354 g/mol. The Morgan fingerprint density at radius 1 is 1.33 bits per heavy atom. The highest BCUT2D eigenvalue weighted by atomic mass is 79.9. The fourth-order valence-corrected chi connectivity index (χ4v) is 4.55. The van der Waals surface area contributed by atoms with Crippen molar-refractivity contribution >= 4 is 31.8 Å². The van der Waals surface area contributed by atoms with E-state index in [9.17, 15) is 8.42 Å². The van der Waals surface area contributed by atoms with E-state index >= 15 is 0 Å². The van der Waals surface area contributed by atoms with Crippen LogP contribution in [-0.2, 0) is 10.2 Å². The molecule has 1 heterocycles. The lowest BCUT2D eigenvalue weighted by atomic mass is 9.98. The third-order valence-corrected chi connectivity index (χ3v) is 5.95. The van der Waals surface area contributed by atoms with Crippen molar-refractivity contribution in [1.29, 1.82) is 0 Å². The molecule has 1 aliphatic rings. The first-order chi connectivity index (χ1) is 9.92. The third kappa shape index (κ3) is 4.42. The second-order valence-electron chi connectivity index (χ2n) is 5.49. The van der Waals surface area contributed by atoms with Gasteiger partial charge in [0.15, 0.2) is 0 Å². The van der Waals surface area contributed by atoms with Crippen LogP contribution in [0.15, 0.2) is 22.7 Å². The minimum absolute atomic E-state index is 0.563. The third-order valence-electron chi connectivity index (χ3n) is 3.77. The molecule has 0 aromatic heterocycles. The van der Waals surface area contributed by atoms with Gasteiger partial charge in [0.2, 0.25) is 0 Å². The average Bonchev–Trinajstić information content (AvgIpc) is 2.43. The fraction of sp³-hybridized carbons (Fsp3) is 0.571. The summed E-state index contributed by atoms with van der Waals surface area (Å²) in [6, 6.07) is 5.57. The predicted molar refractivity (Wildman–Crippen MR) is 89.6 cm³/mol. The van der Waals surface area contributed by atoms with Crippen LogP contribution in [-0.4, -0.2) is 39.4 Å². The van der Waals surface area contributed by atoms with Gasteiger partial charge in [0, 0.05) is 17.6 Å². The minimum atomic E-state index is -3.48. The molecule has 2 N–H and O–H groups in total. The van der Waals surface area contributed by atoms with Crippen LogP contribution >= 0.6 is 15.9 Å². The monoisotopic (exact) mass is 375 g/mol. The van der Waals surface area contributed by atoms with E-state index in [0.717, 1.165) is 29.4 Å². The Bertz CT molecular complexity index is 584. The molecule has 0 bridgehead atoms. The number of piperidine rings is 1. The first-order valence-electron chi connectivity index (χ1n) is 7.11. The highest BCUT2D eigenvalue weighted by Gasteiger charge is 2.28. The molecule has 0 spiro atoms. The molecule has 1 aromatic carbocycles. The summed E-state index contributed by atoms with van der Waals surface area (Å²) in [4.78, 5) is 0. The van der Waals surface area contributed by atoms with E-state index in [1.165, 1.54) is 4.31 Å². The van der Waals surface area contributed by atoms with Crippen LogP contribution in [0.1, 0.15) is 18.4 Å². The predicted octanol–water partition coefficient (Wildman–Crippen LogP) is 2.35. The molecule has 2 rings (SSSR count). The maximum absolute atomic E-state index is 12.4. The van der Waals surface area contributed by atoms with Gasteiger partial charge in [-0.05, 0) is 72.9 Å². The van der Waals surface area contributed by atoms with E-state index in [1.807, 2.05) is 26.1 Å². The number of hydrogen-bond donors (Lipinski definition) is 2. The van der Waals surface area contributed by atoms with Crippen molar-refractivity contribution in [3.63, 3.8) is 0 Å². The molecule has 0 atom stereocenters. The van der Waals surface area contributed by atoms with Crippen molar-refractivity contribution in [2.45, 2.75) is 19.8 Å². The molecule has 0 saturated carbocycles. The Morgan fingerprint density at radius 3 is 2.57 bits per heavy atom. The number of anilines is 1. The van der Waals surface area contributed by atoms with Gasteiger partial charge in [-0.1, -0.05) is 6.07 Å². The smallest absolute Gasteiger partial charge is 0.301 e. The summed E-state index contributed by atoms with van der Waals surface area (Å²) in [6.45, 7) is 4.07. The number of rotatable bonds is 5. The van der Waals surface area contributed by atoms with Crippen LogP contribution < -0.4 is 10.0 Å². The Balaban J connectivity index is 2.02. The molecule has 0 unspecified atom stereocenters. The van der Waals surface area contributed by atoms with Crippen LogP contribution in [0.25, 0.3) is 0 Å². The van der Waals surface area contributed by atoms with E-state index in [1.54, 1.807) is 6.07 Å². The molecule has 118 valence electrons. The van der Waals surface area contributed by atoms with E-state index in [2.05, 4.69) is 26.0 Å². The molecule has 0 aliphatic carbocycles. The van der Waals surface area contributed by atoms with Crippen molar-refractivity contribution < 1.29 is 8.42 Å². The average molecular weight is 376 g/mol. The highest BCUT2D eigenvalue weighted by molar-refractivity contribution is 9.10. The Hall–Kier alpha value is -0.630. The van der Waals surface area contributed by atoms with Crippen LogP contribution in [0.2, 0.25) is 0 Å². The van der Waals surface area contributed by atoms with Crippen LogP contribution in [0.3, 0.4) is 0 Å². The summed E-state index contributed by atoms with van der Waals surface area (Å²) in [5.41, 5.74) is 1.66. The maximum Gasteiger partial charge on any atom is 0.301 e. The summed E-state index contributed by atoms with van der Waals surface area (Å²) in [5, 5.41) is 3.15. The number of hydrogen-bond acceptors (Lipinski definition) is 3. The van der Waals surface area contributed by atoms with Gasteiger partial charge in [-0.3, -0.25) is 4.72 Å². The topological polar surface area (TPSA) is 61.4 Å². The van der Waals surface area contributed by atoms with Crippen LogP contribution in [0.4, 0.5) is 5.69 Å². The number of aryl methyl sites for hydroxylation is 1. The molecular formula is C14H22BrN3O2S. The van der Waals surface area contributed by atoms with Gasteiger partial charge >= 0.3 is 10.2 Å². The van der Waals surface area contributed by atoms with E-state index in [4.69, 9.17) is 0 Å². The van der Waals surface area contributed by atoms with Crippen LogP contribution in [0, 0.1) is 12.8 Å². The van der Waals surface area contributed by atoms with Crippen LogP contribution in [0.5, 0.6) is 0 Å². The Labute approximate surface area is 135 Å². The molecule has 0 radical (unpaired) electrons. The minimum Gasteiger partial charge on any atom is -0.319 e. The molecule has 7 heteroatoms. The van der Waals surface area contributed by atoms with Crippen molar-refractivity contribution in [2.75, 3.05) is 31.4 Å². The quantitative estimate of drug-likeness (QED) is 0.829. The van der Waals surface area contributed by atoms with Gasteiger partial charge in [-0.15, -0.1) is 0 Å². The molecule has 1 fully saturated rings. The molecule has 21 heavy (non-hydrogen) atoms. The zero-order chi connectivity index (χ0) is 15.5. The zero-order valence-corrected chi connectivity index (χ0v) is 14.8.